The number of carbonyl (C=O) groups is 1. The minimum atomic E-state index is -2.99. The number of rotatable bonds is 11. The van der Waals surface area contributed by atoms with E-state index < -0.39 is 9.84 Å². The number of carbonyl (C=O) groups excluding carboxylic acids is 1. The fourth-order valence-electron chi connectivity index (χ4n) is 2.55. The third kappa shape index (κ3) is 12.7. The summed E-state index contributed by atoms with van der Waals surface area (Å²) in [5.41, 5.74) is 0. The summed E-state index contributed by atoms with van der Waals surface area (Å²) in [6.07, 6.45) is 1.19. The second-order valence-corrected chi connectivity index (χ2v) is 8.58. The second-order valence-electron chi connectivity index (χ2n) is 6.32. The summed E-state index contributed by atoms with van der Waals surface area (Å²) >= 11 is 0. The highest BCUT2D eigenvalue weighted by molar-refractivity contribution is 14.0. The number of sulfone groups is 1. The molecule has 0 unspecified atom stereocenters. The SMILES string of the molecule is CN=C(NCCOCCS(C)(=O)=O)N1CCN(CC(=O)NCCOC)CC1.I. The number of aliphatic imine (C=N–C) groups is 1. The van der Waals surface area contributed by atoms with Crippen LogP contribution >= 0.6 is 24.0 Å². The predicted molar refractivity (Wildman–Crippen MR) is 120 cm³/mol. The molecule has 28 heavy (non-hydrogen) atoms. The van der Waals surface area contributed by atoms with Crippen LogP contribution in [-0.4, -0.2) is 122 Å². The Bertz CT molecular complexity index is 568. The molecule has 1 aliphatic heterocycles. The topological polar surface area (TPSA) is 113 Å². The fraction of sp³-hybridized carbons (Fsp3) is 0.875. The number of nitrogens with one attached hydrogen (secondary N) is 2. The Morgan fingerprint density at radius 2 is 1.71 bits per heavy atom. The van der Waals surface area contributed by atoms with E-state index in [-0.39, 0.29) is 42.2 Å². The molecule has 0 spiro atoms. The molecule has 1 aliphatic rings. The van der Waals surface area contributed by atoms with E-state index in [0.29, 0.717) is 32.8 Å². The van der Waals surface area contributed by atoms with Gasteiger partial charge in [-0.3, -0.25) is 14.7 Å². The third-order valence-electron chi connectivity index (χ3n) is 4.01. The number of halogens is 1. The molecule has 1 rings (SSSR count). The van der Waals surface area contributed by atoms with E-state index in [1.807, 2.05) is 0 Å². The number of piperazine rings is 1. The van der Waals surface area contributed by atoms with Crippen molar-refractivity contribution >= 4 is 45.7 Å². The largest absolute Gasteiger partial charge is 0.383 e. The summed E-state index contributed by atoms with van der Waals surface area (Å²) in [6.45, 7) is 5.71. The minimum Gasteiger partial charge on any atom is -0.383 e. The zero-order valence-electron chi connectivity index (χ0n) is 17.0. The van der Waals surface area contributed by atoms with Crippen molar-refractivity contribution in [2.75, 3.05) is 91.8 Å². The molecule has 1 saturated heterocycles. The van der Waals surface area contributed by atoms with Gasteiger partial charge in [0.15, 0.2) is 5.96 Å². The maximum atomic E-state index is 11.8. The Balaban J connectivity index is 0.00000729. The molecule has 0 bridgehead atoms. The molecule has 2 N–H and O–H groups in total. The van der Waals surface area contributed by atoms with Gasteiger partial charge in [-0.05, 0) is 0 Å². The second kappa shape index (κ2) is 15.2. The molecule has 1 heterocycles. The zero-order valence-corrected chi connectivity index (χ0v) is 20.1. The Hall–Kier alpha value is -0.700. The molecule has 1 amide bonds. The number of hydrogen-bond donors (Lipinski definition) is 2. The van der Waals surface area contributed by atoms with Gasteiger partial charge in [0.2, 0.25) is 5.91 Å². The highest BCUT2D eigenvalue weighted by Gasteiger charge is 2.20. The summed E-state index contributed by atoms with van der Waals surface area (Å²) in [7, 11) is 0.343. The van der Waals surface area contributed by atoms with Gasteiger partial charge in [-0.2, -0.15) is 0 Å². The molecule has 0 atom stereocenters. The summed E-state index contributed by atoms with van der Waals surface area (Å²) in [5.74, 6) is 0.822. The van der Waals surface area contributed by atoms with Crippen molar-refractivity contribution in [3.8, 4) is 0 Å². The first-order chi connectivity index (χ1) is 12.9. The Kier molecular flexibility index (Phi) is 14.8. The van der Waals surface area contributed by atoms with Crippen molar-refractivity contribution in [3.63, 3.8) is 0 Å². The smallest absolute Gasteiger partial charge is 0.234 e. The number of guanidine groups is 1. The van der Waals surface area contributed by atoms with E-state index in [1.165, 1.54) is 6.26 Å². The van der Waals surface area contributed by atoms with Crippen molar-refractivity contribution < 1.29 is 22.7 Å². The number of amides is 1. The van der Waals surface area contributed by atoms with Gasteiger partial charge in [0, 0.05) is 59.7 Å². The maximum Gasteiger partial charge on any atom is 0.234 e. The Morgan fingerprint density at radius 1 is 1.07 bits per heavy atom. The van der Waals surface area contributed by atoms with Crippen LogP contribution in [0.15, 0.2) is 4.99 Å². The Labute approximate surface area is 185 Å². The van der Waals surface area contributed by atoms with Gasteiger partial charge in [-0.25, -0.2) is 8.42 Å². The van der Waals surface area contributed by atoms with Crippen LogP contribution in [0, 0.1) is 0 Å². The minimum absolute atomic E-state index is 0. The van der Waals surface area contributed by atoms with Crippen LogP contribution in [-0.2, 0) is 24.1 Å². The van der Waals surface area contributed by atoms with Crippen LogP contribution in [0.2, 0.25) is 0 Å². The maximum absolute atomic E-state index is 11.8. The van der Waals surface area contributed by atoms with E-state index in [9.17, 15) is 13.2 Å². The van der Waals surface area contributed by atoms with Gasteiger partial charge in [0.25, 0.3) is 0 Å². The van der Waals surface area contributed by atoms with Crippen molar-refractivity contribution in [2.45, 2.75) is 0 Å². The summed E-state index contributed by atoms with van der Waals surface area (Å²) in [6, 6.07) is 0. The number of ether oxygens (including phenoxy) is 2. The lowest BCUT2D eigenvalue weighted by molar-refractivity contribution is -0.122. The summed E-state index contributed by atoms with van der Waals surface area (Å²) in [4.78, 5) is 20.4. The van der Waals surface area contributed by atoms with Crippen LogP contribution in [0.3, 0.4) is 0 Å². The third-order valence-corrected chi connectivity index (χ3v) is 4.92. The summed E-state index contributed by atoms with van der Waals surface area (Å²) in [5, 5.41) is 6.04. The fourth-order valence-corrected chi connectivity index (χ4v) is 2.97. The number of methoxy groups -OCH3 is 1. The van der Waals surface area contributed by atoms with Crippen molar-refractivity contribution in [3.05, 3.63) is 0 Å². The molecular weight excluding hydrogens is 501 g/mol. The number of nitrogens with zero attached hydrogens (tertiary/aromatic N) is 3. The van der Waals surface area contributed by atoms with Crippen LogP contribution in [0.1, 0.15) is 0 Å². The number of hydrogen-bond acceptors (Lipinski definition) is 7. The summed E-state index contributed by atoms with van der Waals surface area (Å²) < 4.78 is 32.3. The lowest BCUT2D eigenvalue weighted by Gasteiger charge is -2.36. The highest BCUT2D eigenvalue weighted by Crippen LogP contribution is 2.02. The van der Waals surface area contributed by atoms with E-state index in [1.54, 1.807) is 14.2 Å². The van der Waals surface area contributed by atoms with Gasteiger partial charge in [0.1, 0.15) is 9.84 Å². The Morgan fingerprint density at radius 3 is 2.29 bits per heavy atom. The lowest BCUT2D eigenvalue weighted by atomic mass is 10.3. The van der Waals surface area contributed by atoms with Gasteiger partial charge in [0.05, 0.1) is 32.1 Å². The van der Waals surface area contributed by atoms with Gasteiger partial charge in [-0.1, -0.05) is 0 Å². The van der Waals surface area contributed by atoms with Crippen molar-refractivity contribution in [1.82, 2.24) is 20.4 Å². The van der Waals surface area contributed by atoms with Crippen LogP contribution in [0.5, 0.6) is 0 Å². The standard InChI is InChI=1S/C16H33N5O5S.HI/c1-17-16(19-5-11-26-12-13-27(3,23)24)21-8-6-20(7-9-21)14-15(22)18-4-10-25-2;/h4-14H2,1-3H3,(H,17,19)(H,18,22);1H. The molecule has 0 aliphatic carbocycles. The predicted octanol–water partition coefficient (Wildman–Crippen LogP) is -1.38. The molecule has 1 fully saturated rings. The quantitative estimate of drug-likeness (QED) is 0.144. The molecule has 166 valence electrons. The molecule has 0 aromatic heterocycles. The molecule has 10 nitrogen and oxygen atoms in total. The van der Waals surface area contributed by atoms with Gasteiger partial charge < -0.3 is 25.0 Å². The average Bonchev–Trinajstić information content (AvgIpc) is 2.61. The molecule has 0 aromatic rings. The molecule has 0 saturated carbocycles. The molecule has 0 aromatic carbocycles. The van der Waals surface area contributed by atoms with Crippen LogP contribution in [0.25, 0.3) is 0 Å². The first-order valence-electron chi connectivity index (χ1n) is 9.04. The molecular formula is C16H34IN5O5S. The molecule has 12 heteroatoms. The highest BCUT2D eigenvalue weighted by atomic mass is 127. The van der Waals surface area contributed by atoms with Crippen molar-refractivity contribution in [2.24, 2.45) is 4.99 Å². The van der Waals surface area contributed by atoms with E-state index >= 15 is 0 Å². The normalized spacial score (nSPS) is 15.8. The zero-order chi connectivity index (χ0) is 20.1. The monoisotopic (exact) mass is 535 g/mol. The van der Waals surface area contributed by atoms with E-state index in [2.05, 4.69) is 25.4 Å². The first-order valence-corrected chi connectivity index (χ1v) is 11.1. The van der Waals surface area contributed by atoms with Crippen molar-refractivity contribution in [1.29, 1.82) is 0 Å². The van der Waals surface area contributed by atoms with Gasteiger partial charge >= 0.3 is 0 Å². The van der Waals surface area contributed by atoms with Crippen LogP contribution in [0.4, 0.5) is 0 Å². The first kappa shape index (κ1) is 27.3. The van der Waals surface area contributed by atoms with Gasteiger partial charge in [-0.15, -0.1) is 24.0 Å². The average molecular weight is 535 g/mol. The van der Waals surface area contributed by atoms with E-state index in [4.69, 9.17) is 9.47 Å². The lowest BCUT2D eigenvalue weighted by Crippen LogP contribution is -2.54. The molecule has 0 radical (unpaired) electrons. The van der Waals surface area contributed by atoms with E-state index in [0.717, 1.165) is 32.1 Å². The van der Waals surface area contributed by atoms with Crippen LogP contribution < -0.4 is 10.6 Å².